The summed E-state index contributed by atoms with van der Waals surface area (Å²) in [7, 11) is 3.88. The van der Waals surface area contributed by atoms with Crippen LogP contribution in [0.15, 0.2) is 0 Å². The summed E-state index contributed by atoms with van der Waals surface area (Å²) in [6, 6.07) is 0. The smallest absolute Gasteiger partial charge is 0.306 e. The van der Waals surface area contributed by atoms with Gasteiger partial charge in [-0.1, -0.05) is 6.92 Å². The molecule has 0 radical (unpaired) electrons. The maximum atomic E-state index is 10.3. The molecule has 0 spiro atoms. The quantitative estimate of drug-likeness (QED) is 0.706. The number of hydrogen-bond donors (Lipinski definition) is 1. The minimum Gasteiger partial charge on any atom is -0.481 e. The normalized spacial score (nSPS) is 12.4. The van der Waals surface area contributed by atoms with Gasteiger partial charge in [0, 0.05) is 0 Å². The average Bonchev–Trinajstić information content (AvgIpc) is 1.82. The summed E-state index contributed by atoms with van der Waals surface area (Å²) in [5.41, 5.74) is 0. The van der Waals surface area contributed by atoms with Gasteiger partial charge in [0.25, 0.3) is 0 Å². The second-order valence-electron chi connectivity index (χ2n) is 2.83. The Morgan fingerprint density at radius 2 is 2.00 bits per heavy atom. The lowest BCUT2D eigenvalue weighted by atomic mass is 10.1. The molecule has 0 fully saturated rings. The summed E-state index contributed by atoms with van der Waals surface area (Å²) in [5.74, 6) is -0.927. The third kappa shape index (κ3) is 7.62. The predicted molar refractivity (Wildman–Crippen MR) is 47.2 cm³/mol. The second kappa shape index (κ2) is 6.43. The van der Waals surface area contributed by atoms with Crippen molar-refractivity contribution in [2.75, 3.05) is 20.6 Å². The van der Waals surface area contributed by atoms with E-state index in [1.165, 1.54) is 0 Å². The molecule has 0 aromatic rings. The van der Waals surface area contributed by atoms with Crippen LogP contribution in [0.2, 0.25) is 0 Å². The standard InChI is InChI=1S/C7H15NO2.ClH/c1-6(7(9)10)4-5-8(2)3;/h6H,4-5H2,1-3H3,(H,9,10);1H. The van der Waals surface area contributed by atoms with Crippen molar-refractivity contribution < 1.29 is 9.90 Å². The van der Waals surface area contributed by atoms with Crippen LogP contribution >= 0.6 is 12.4 Å². The Kier molecular flexibility index (Phi) is 7.79. The minimum absolute atomic E-state index is 0. The molecule has 1 N–H and O–H groups in total. The molecule has 0 aliphatic carbocycles. The lowest BCUT2D eigenvalue weighted by molar-refractivity contribution is -0.141. The van der Waals surface area contributed by atoms with E-state index in [9.17, 15) is 4.79 Å². The van der Waals surface area contributed by atoms with Crippen LogP contribution in [0, 0.1) is 5.92 Å². The third-order valence-corrected chi connectivity index (χ3v) is 1.43. The van der Waals surface area contributed by atoms with Gasteiger partial charge in [0.1, 0.15) is 0 Å². The molecule has 0 rings (SSSR count). The van der Waals surface area contributed by atoms with E-state index in [4.69, 9.17) is 5.11 Å². The highest BCUT2D eigenvalue weighted by Gasteiger charge is 2.09. The zero-order valence-electron chi connectivity index (χ0n) is 7.20. The summed E-state index contributed by atoms with van der Waals surface area (Å²) >= 11 is 0. The number of aliphatic carboxylic acids is 1. The van der Waals surface area contributed by atoms with Crippen molar-refractivity contribution in [3.8, 4) is 0 Å². The van der Waals surface area contributed by atoms with Gasteiger partial charge in [-0.15, -0.1) is 12.4 Å². The number of carbonyl (C=O) groups is 1. The fourth-order valence-electron chi connectivity index (χ4n) is 0.575. The second-order valence-corrected chi connectivity index (χ2v) is 2.83. The first-order valence-corrected chi connectivity index (χ1v) is 3.41. The lowest BCUT2D eigenvalue weighted by Crippen LogP contribution is -2.19. The predicted octanol–water partition coefficient (Wildman–Crippen LogP) is 1.08. The zero-order chi connectivity index (χ0) is 8.15. The molecule has 1 atom stereocenters. The van der Waals surface area contributed by atoms with E-state index in [2.05, 4.69) is 0 Å². The van der Waals surface area contributed by atoms with Crippen molar-refractivity contribution in [2.24, 2.45) is 5.92 Å². The largest absolute Gasteiger partial charge is 0.481 e. The van der Waals surface area contributed by atoms with Crippen molar-refractivity contribution in [1.82, 2.24) is 4.90 Å². The molecule has 1 unspecified atom stereocenters. The van der Waals surface area contributed by atoms with Gasteiger partial charge < -0.3 is 10.0 Å². The molecule has 68 valence electrons. The molecule has 0 aliphatic rings. The highest BCUT2D eigenvalue weighted by molar-refractivity contribution is 5.85. The number of carboxylic acid groups (broad SMARTS) is 1. The molecule has 3 nitrogen and oxygen atoms in total. The van der Waals surface area contributed by atoms with Crippen molar-refractivity contribution in [3.05, 3.63) is 0 Å². The molecule has 0 aromatic heterocycles. The fourth-order valence-corrected chi connectivity index (χ4v) is 0.575. The Hall–Kier alpha value is -0.280. The molecular weight excluding hydrogens is 166 g/mol. The summed E-state index contributed by atoms with van der Waals surface area (Å²) in [4.78, 5) is 12.3. The molecule has 0 amide bonds. The van der Waals surface area contributed by atoms with Crippen molar-refractivity contribution in [1.29, 1.82) is 0 Å². The summed E-state index contributed by atoms with van der Waals surface area (Å²) in [5, 5.41) is 8.48. The van der Waals surface area contributed by atoms with Crippen LogP contribution in [0.3, 0.4) is 0 Å². The Morgan fingerprint density at radius 3 is 2.27 bits per heavy atom. The molecule has 0 aliphatic heterocycles. The summed E-state index contributed by atoms with van der Waals surface area (Å²) in [6.07, 6.45) is 0.725. The van der Waals surface area contributed by atoms with E-state index in [0.717, 1.165) is 13.0 Å². The van der Waals surface area contributed by atoms with Crippen LogP contribution in [0.1, 0.15) is 13.3 Å². The van der Waals surface area contributed by atoms with Crippen LogP contribution < -0.4 is 0 Å². The highest BCUT2D eigenvalue weighted by Crippen LogP contribution is 2.01. The Bertz CT molecular complexity index is 117. The third-order valence-electron chi connectivity index (χ3n) is 1.43. The Balaban J connectivity index is 0. The van der Waals surface area contributed by atoms with Crippen molar-refractivity contribution >= 4 is 18.4 Å². The number of rotatable bonds is 4. The first kappa shape index (κ1) is 13.3. The minimum atomic E-state index is -0.707. The van der Waals surface area contributed by atoms with Gasteiger partial charge in [0.15, 0.2) is 0 Å². The van der Waals surface area contributed by atoms with E-state index < -0.39 is 5.97 Å². The van der Waals surface area contributed by atoms with Crippen molar-refractivity contribution in [2.45, 2.75) is 13.3 Å². The van der Waals surface area contributed by atoms with Gasteiger partial charge in [-0.25, -0.2) is 0 Å². The number of halogens is 1. The van der Waals surface area contributed by atoms with Crippen LogP contribution in [-0.2, 0) is 4.79 Å². The monoisotopic (exact) mass is 181 g/mol. The average molecular weight is 182 g/mol. The highest BCUT2D eigenvalue weighted by atomic mass is 35.5. The van der Waals surface area contributed by atoms with Gasteiger partial charge >= 0.3 is 5.97 Å². The SMILES string of the molecule is CC(CCN(C)C)C(=O)O.Cl. The molecule has 11 heavy (non-hydrogen) atoms. The maximum Gasteiger partial charge on any atom is 0.306 e. The van der Waals surface area contributed by atoms with Gasteiger partial charge in [-0.05, 0) is 27.1 Å². The van der Waals surface area contributed by atoms with E-state index >= 15 is 0 Å². The molecule has 0 heterocycles. The number of carboxylic acids is 1. The van der Waals surface area contributed by atoms with Crippen LogP contribution in [0.25, 0.3) is 0 Å². The molecule has 4 heteroatoms. The van der Waals surface area contributed by atoms with E-state index in [1.54, 1.807) is 6.92 Å². The first-order chi connectivity index (χ1) is 4.54. The van der Waals surface area contributed by atoms with Gasteiger partial charge in [-0.3, -0.25) is 4.79 Å². The maximum absolute atomic E-state index is 10.3. The number of hydrogen-bond acceptors (Lipinski definition) is 2. The number of nitrogens with zero attached hydrogens (tertiary/aromatic N) is 1. The van der Waals surface area contributed by atoms with E-state index in [-0.39, 0.29) is 18.3 Å². The topological polar surface area (TPSA) is 40.5 Å². The first-order valence-electron chi connectivity index (χ1n) is 3.41. The zero-order valence-corrected chi connectivity index (χ0v) is 8.02. The van der Waals surface area contributed by atoms with Crippen LogP contribution in [0.5, 0.6) is 0 Å². The van der Waals surface area contributed by atoms with E-state index in [1.807, 2.05) is 19.0 Å². The van der Waals surface area contributed by atoms with Crippen LogP contribution in [-0.4, -0.2) is 36.6 Å². The van der Waals surface area contributed by atoms with Gasteiger partial charge in [0.2, 0.25) is 0 Å². The molecule has 0 bridgehead atoms. The fraction of sp³-hybridized carbons (Fsp3) is 0.857. The molecular formula is C7H16ClNO2. The molecule has 0 aromatic carbocycles. The van der Waals surface area contributed by atoms with E-state index in [0.29, 0.717) is 0 Å². The van der Waals surface area contributed by atoms with Gasteiger partial charge in [-0.2, -0.15) is 0 Å². The van der Waals surface area contributed by atoms with Gasteiger partial charge in [0.05, 0.1) is 5.92 Å². The molecule has 0 saturated heterocycles. The van der Waals surface area contributed by atoms with Crippen LogP contribution in [0.4, 0.5) is 0 Å². The summed E-state index contributed by atoms with van der Waals surface area (Å²) in [6.45, 7) is 2.57. The lowest BCUT2D eigenvalue weighted by Gasteiger charge is -2.10. The Morgan fingerprint density at radius 1 is 1.55 bits per heavy atom. The molecule has 0 saturated carbocycles. The van der Waals surface area contributed by atoms with Crippen molar-refractivity contribution in [3.63, 3.8) is 0 Å². The summed E-state index contributed by atoms with van der Waals surface area (Å²) < 4.78 is 0. The Labute approximate surface area is 73.8 Å².